The van der Waals surface area contributed by atoms with Gasteiger partial charge in [0.05, 0.1) is 6.54 Å². The van der Waals surface area contributed by atoms with Crippen molar-refractivity contribution in [3.8, 4) is 5.75 Å². The van der Waals surface area contributed by atoms with Crippen LogP contribution in [-0.4, -0.2) is 51.8 Å². The number of benzene rings is 2. The molecule has 7 heteroatoms. The molecule has 0 atom stereocenters. The lowest BCUT2D eigenvalue weighted by Crippen LogP contribution is -2.31. The lowest BCUT2D eigenvalue weighted by molar-refractivity contribution is -0.123. The first-order valence-corrected chi connectivity index (χ1v) is 11.0. The van der Waals surface area contributed by atoms with E-state index in [1.165, 1.54) is 11.1 Å². The quantitative estimate of drug-likeness (QED) is 0.594. The van der Waals surface area contributed by atoms with Crippen LogP contribution in [-0.2, 0) is 24.3 Å². The van der Waals surface area contributed by atoms with Crippen LogP contribution in [0.2, 0.25) is 0 Å². The van der Waals surface area contributed by atoms with Crippen molar-refractivity contribution in [2.45, 2.75) is 26.4 Å². The zero-order valence-corrected chi connectivity index (χ0v) is 18.4. The molecule has 1 aromatic heterocycles. The Morgan fingerprint density at radius 3 is 2.56 bits per heavy atom. The Morgan fingerprint density at radius 2 is 1.78 bits per heavy atom. The highest BCUT2D eigenvalue weighted by Crippen LogP contribution is 2.13. The molecule has 0 spiro atoms. The number of carbonyl (C=O) groups excluding carboxylic acids is 1. The maximum atomic E-state index is 12.2. The molecule has 1 aliphatic heterocycles. The van der Waals surface area contributed by atoms with Gasteiger partial charge in [-0.15, -0.1) is 10.2 Å². The third-order valence-corrected chi connectivity index (χ3v) is 5.44. The molecular weight excluding hydrogens is 402 g/mol. The summed E-state index contributed by atoms with van der Waals surface area (Å²) in [6.45, 7) is 6.10. The fraction of sp³-hybridized carbons (Fsp3) is 0.320. The number of fused-ring (bicyclic) bond motifs is 1. The number of nitrogens with zero attached hydrogens (tertiary/aromatic N) is 4. The molecule has 7 nitrogen and oxygen atoms in total. The molecule has 0 unspecified atom stereocenters. The zero-order valence-electron chi connectivity index (χ0n) is 18.4. The third-order valence-electron chi connectivity index (χ3n) is 5.44. The van der Waals surface area contributed by atoms with E-state index in [-0.39, 0.29) is 12.5 Å². The number of ether oxygens (including phenoxy) is 1. The number of hydrogen-bond acceptors (Lipinski definition) is 5. The van der Waals surface area contributed by atoms with Gasteiger partial charge in [-0.1, -0.05) is 60.2 Å². The minimum Gasteiger partial charge on any atom is -0.484 e. The van der Waals surface area contributed by atoms with E-state index >= 15 is 0 Å². The van der Waals surface area contributed by atoms with Crippen LogP contribution in [0.4, 0.5) is 0 Å². The van der Waals surface area contributed by atoms with Gasteiger partial charge in [-0.2, -0.15) is 0 Å². The minimum absolute atomic E-state index is 0.0220. The van der Waals surface area contributed by atoms with Gasteiger partial charge in [-0.3, -0.25) is 9.69 Å². The molecule has 0 saturated heterocycles. The maximum absolute atomic E-state index is 12.2. The number of rotatable bonds is 8. The standard InChI is InChI=1S/C25H29N5O2/c1-20(16-21-8-4-2-5-9-21)18-29-13-12-23-27-28-24(30(23)15-14-29)17-26-25(31)19-32-22-10-6-3-7-11-22/h2-11,16H,12-15,17-19H2,1H3,(H,26,31)/b20-16+. The molecule has 0 radical (unpaired) electrons. The summed E-state index contributed by atoms with van der Waals surface area (Å²) in [5, 5.41) is 11.5. The normalized spacial score (nSPS) is 14.5. The molecule has 166 valence electrons. The Labute approximate surface area is 188 Å². The third kappa shape index (κ3) is 6.04. The van der Waals surface area contributed by atoms with E-state index in [1.54, 1.807) is 0 Å². The van der Waals surface area contributed by atoms with Gasteiger partial charge >= 0.3 is 0 Å². The number of para-hydroxylation sites is 1. The van der Waals surface area contributed by atoms with Crippen LogP contribution in [0.1, 0.15) is 24.1 Å². The molecule has 32 heavy (non-hydrogen) atoms. The second kappa shape index (κ2) is 10.7. The molecule has 0 saturated carbocycles. The highest BCUT2D eigenvalue weighted by atomic mass is 16.5. The first-order valence-electron chi connectivity index (χ1n) is 11.0. The molecule has 2 heterocycles. The number of aromatic nitrogens is 3. The topological polar surface area (TPSA) is 72.3 Å². The maximum Gasteiger partial charge on any atom is 0.258 e. The fourth-order valence-corrected chi connectivity index (χ4v) is 3.84. The number of nitrogens with one attached hydrogen (secondary N) is 1. The predicted molar refractivity (Wildman–Crippen MR) is 124 cm³/mol. The van der Waals surface area contributed by atoms with Gasteiger partial charge in [-0.05, 0) is 24.6 Å². The van der Waals surface area contributed by atoms with Crippen molar-refractivity contribution >= 4 is 12.0 Å². The van der Waals surface area contributed by atoms with Gasteiger partial charge in [0.2, 0.25) is 0 Å². The lowest BCUT2D eigenvalue weighted by Gasteiger charge is -2.20. The van der Waals surface area contributed by atoms with Crippen LogP contribution in [0, 0.1) is 0 Å². The summed E-state index contributed by atoms with van der Waals surface area (Å²) in [6, 6.07) is 19.7. The van der Waals surface area contributed by atoms with E-state index in [1.807, 2.05) is 36.4 Å². The van der Waals surface area contributed by atoms with Crippen molar-refractivity contribution < 1.29 is 9.53 Å². The number of carbonyl (C=O) groups is 1. The number of hydrogen-bond donors (Lipinski definition) is 1. The van der Waals surface area contributed by atoms with E-state index in [9.17, 15) is 4.79 Å². The SMILES string of the molecule is C/C(=C\c1ccccc1)CN1CCc2nnc(CNC(=O)COc3ccccc3)n2CC1. The highest BCUT2D eigenvalue weighted by molar-refractivity contribution is 5.77. The average Bonchev–Trinajstić information content (AvgIpc) is 3.10. The van der Waals surface area contributed by atoms with Crippen LogP contribution < -0.4 is 10.1 Å². The van der Waals surface area contributed by atoms with Crippen molar-refractivity contribution in [3.05, 3.63) is 83.4 Å². The molecule has 1 N–H and O–H groups in total. The molecule has 0 bridgehead atoms. The van der Waals surface area contributed by atoms with E-state index in [4.69, 9.17) is 4.74 Å². The smallest absolute Gasteiger partial charge is 0.258 e. The Bertz CT molecular complexity index is 1050. The van der Waals surface area contributed by atoms with Gasteiger partial charge in [0.15, 0.2) is 12.4 Å². The Kier molecular flexibility index (Phi) is 7.30. The lowest BCUT2D eigenvalue weighted by atomic mass is 10.1. The summed E-state index contributed by atoms with van der Waals surface area (Å²) in [5.41, 5.74) is 2.56. The molecule has 0 fully saturated rings. The molecule has 1 aliphatic rings. The van der Waals surface area contributed by atoms with Crippen LogP contribution in [0.15, 0.2) is 66.2 Å². The van der Waals surface area contributed by atoms with Gasteiger partial charge in [0.25, 0.3) is 5.91 Å². The zero-order chi connectivity index (χ0) is 22.2. The predicted octanol–water partition coefficient (Wildman–Crippen LogP) is 2.93. The summed E-state index contributed by atoms with van der Waals surface area (Å²) in [6.07, 6.45) is 3.08. The largest absolute Gasteiger partial charge is 0.484 e. The van der Waals surface area contributed by atoms with Crippen LogP contribution in [0.3, 0.4) is 0 Å². The molecule has 3 aromatic rings. The van der Waals surface area contributed by atoms with E-state index in [0.29, 0.717) is 12.3 Å². The minimum atomic E-state index is -0.178. The van der Waals surface area contributed by atoms with Crippen molar-refractivity contribution in [1.82, 2.24) is 25.0 Å². The van der Waals surface area contributed by atoms with Crippen LogP contribution in [0.5, 0.6) is 5.75 Å². The fourth-order valence-electron chi connectivity index (χ4n) is 3.84. The van der Waals surface area contributed by atoms with Gasteiger partial charge in [-0.25, -0.2) is 0 Å². The molecule has 4 rings (SSSR count). The second-order valence-electron chi connectivity index (χ2n) is 7.99. The van der Waals surface area contributed by atoms with Crippen molar-refractivity contribution in [1.29, 1.82) is 0 Å². The monoisotopic (exact) mass is 431 g/mol. The molecule has 0 aliphatic carbocycles. The Morgan fingerprint density at radius 1 is 1.03 bits per heavy atom. The van der Waals surface area contributed by atoms with Crippen molar-refractivity contribution in [2.75, 3.05) is 26.2 Å². The first kappa shape index (κ1) is 21.8. The summed E-state index contributed by atoms with van der Waals surface area (Å²) in [4.78, 5) is 14.6. The van der Waals surface area contributed by atoms with E-state index in [0.717, 1.165) is 44.2 Å². The second-order valence-corrected chi connectivity index (χ2v) is 7.99. The summed E-state index contributed by atoms with van der Waals surface area (Å²) >= 11 is 0. The van der Waals surface area contributed by atoms with Gasteiger partial charge < -0.3 is 14.6 Å². The van der Waals surface area contributed by atoms with E-state index in [2.05, 4.69) is 62.2 Å². The molecule has 1 amide bonds. The summed E-state index contributed by atoms with van der Waals surface area (Å²) in [7, 11) is 0. The summed E-state index contributed by atoms with van der Waals surface area (Å²) < 4.78 is 7.63. The van der Waals surface area contributed by atoms with Crippen LogP contribution >= 0.6 is 0 Å². The Balaban J connectivity index is 1.27. The number of amides is 1. The van der Waals surface area contributed by atoms with Gasteiger partial charge in [0, 0.05) is 32.6 Å². The molecular formula is C25H29N5O2. The highest BCUT2D eigenvalue weighted by Gasteiger charge is 2.19. The first-order chi connectivity index (χ1) is 15.7. The van der Waals surface area contributed by atoms with E-state index < -0.39 is 0 Å². The average molecular weight is 432 g/mol. The van der Waals surface area contributed by atoms with Crippen molar-refractivity contribution in [2.24, 2.45) is 0 Å². The van der Waals surface area contributed by atoms with Crippen molar-refractivity contribution in [3.63, 3.8) is 0 Å². The van der Waals surface area contributed by atoms with Crippen LogP contribution in [0.25, 0.3) is 6.08 Å². The summed E-state index contributed by atoms with van der Waals surface area (Å²) in [5.74, 6) is 2.26. The Hall–Kier alpha value is -3.45. The van der Waals surface area contributed by atoms with Gasteiger partial charge in [0.1, 0.15) is 11.6 Å². The molecule has 2 aromatic carbocycles.